The highest BCUT2D eigenvalue weighted by molar-refractivity contribution is 5.94. The summed E-state index contributed by atoms with van der Waals surface area (Å²) in [5.41, 5.74) is 6.14. The highest BCUT2D eigenvalue weighted by Gasteiger charge is 2.07. The molecule has 0 aliphatic heterocycles. The van der Waals surface area contributed by atoms with E-state index in [0.717, 1.165) is 24.3 Å². The number of benzene rings is 1. The smallest absolute Gasteiger partial charge is 0.122 e. The van der Waals surface area contributed by atoms with Gasteiger partial charge in [0.05, 0.1) is 6.61 Å². The van der Waals surface area contributed by atoms with Gasteiger partial charge in [0, 0.05) is 5.56 Å². The fourth-order valence-corrected chi connectivity index (χ4v) is 1.84. The molecule has 18 heavy (non-hydrogen) atoms. The van der Waals surface area contributed by atoms with Crippen molar-refractivity contribution in [1.82, 2.24) is 0 Å². The molecule has 0 saturated carbocycles. The third-order valence-electron chi connectivity index (χ3n) is 3.19. The molecule has 0 aliphatic rings. The first-order valence-corrected chi connectivity index (χ1v) is 6.74. The minimum atomic E-state index is 0.0935. The maximum absolute atomic E-state index is 7.32. The third-order valence-corrected chi connectivity index (χ3v) is 3.19. The van der Waals surface area contributed by atoms with Crippen LogP contribution in [0.2, 0.25) is 0 Å². The van der Waals surface area contributed by atoms with Crippen molar-refractivity contribution in [3.63, 3.8) is 0 Å². The molecule has 1 atom stereocenters. The first-order chi connectivity index (χ1) is 8.67. The fourth-order valence-electron chi connectivity index (χ4n) is 1.84. The van der Waals surface area contributed by atoms with Crippen LogP contribution in [-0.2, 0) is 0 Å². The molecule has 0 radical (unpaired) electrons. The number of ether oxygens (including phenoxy) is 1. The number of unbranched alkanes of at least 4 members (excludes halogenated alkanes) is 1. The van der Waals surface area contributed by atoms with Crippen molar-refractivity contribution < 1.29 is 4.74 Å². The number of rotatable bonds is 8. The normalized spacial score (nSPS) is 12.1. The molecule has 0 bridgehead atoms. The van der Waals surface area contributed by atoms with Crippen molar-refractivity contribution in [2.45, 2.75) is 39.5 Å². The van der Waals surface area contributed by atoms with Crippen LogP contribution in [0.1, 0.15) is 45.1 Å². The second kappa shape index (κ2) is 7.75. The average molecular weight is 248 g/mol. The fraction of sp³-hybridized carbons (Fsp3) is 0.533. The Morgan fingerprint density at radius 2 is 1.94 bits per heavy atom. The number of amidine groups is 1. The molecule has 0 aliphatic carbocycles. The molecular formula is C15H24N2O. The average Bonchev–Trinajstić information content (AvgIpc) is 2.39. The summed E-state index contributed by atoms with van der Waals surface area (Å²) in [6.45, 7) is 5.20. The van der Waals surface area contributed by atoms with Gasteiger partial charge in [0.1, 0.15) is 11.6 Å². The Bertz CT molecular complexity index is 359. The highest BCUT2D eigenvalue weighted by atomic mass is 16.5. The summed E-state index contributed by atoms with van der Waals surface area (Å²) in [5, 5.41) is 7.32. The summed E-state index contributed by atoms with van der Waals surface area (Å²) in [7, 11) is 0. The van der Waals surface area contributed by atoms with E-state index in [0.29, 0.717) is 5.92 Å². The molecule has 1 rings (SSSR count). The van der Waals surface area contributed by atoms with E-state index in [2.05, 4.69) is 13.8 Å². The van der Waals surface area contributed by atoms with E-state index >= 15 is 0 Å². The minimum Gasteiger partial charge on any atom is -0.493 e. The predicted octanol–water partition coefficient (Wildman–Crippen LogP) is 3.57. The summed E-state index contributed by atoms with van der Waals surface area (Å²) >= 11 is 0. The van der Waals surface area contributed by atoms with Gasteiger partial charge in [0.2, 0.25) is 0 Å². The van der Waals surface area contributed by atoms with E-state index in [1.165, 1.54) is 19.3 Å². The molecule has 0 amide bonds. The van der Waals surface area contributed by atoms with E-state index in [9.17, 15) is 0 Å². The van der Waals surface area contributed by atoms with Crippen LogP contribution in [-0.4, -0.2) is 12.4 Å². The molecular weight excluding hydrogens is 224 g/mol. The Balaban J connectivity index is 2.44. The number of nitrogens with one attached hydrogen (secondary N) is 1. The van der Waals surface area contributed by atoms with Gasteiger partial charge in [0.15, 0.2) is 0 Å². The molecule has 3 nitrogen and oxygen atoms in total. The van der Waals surface area contributed by atoms with Crippen LogP contribution in [0.4, 0.5) is 0 Å². The van der Waals surface area contributed by atoms with Crippen molar-refractivity contribution in [2.75, 3.05) is 6.61 Å². The quantitative estimate of drug-likeness (QED) is 0.546. The Morgan fingerprint density at radius 1 is 1.28 bits per heavy atom. The summed E-state index contributed by atoms with van der Waals surface area (Å²) in [6.07, 6.45) is 4.90. The van der Waals surface area contributed by atoms with Gasteiger partial charge in [-0.25, -0.2) is 0 Å². The monoisotopic (exact) mass is 248 g/mol. The first-order valence-electron chi connectivity index (χ1n) is 6.74. The van der Waals surface area contributed by atoms with Crippen LogP contribution in [0, 0.1) is 11.3 Å². The van der Waals surface area contributed by atoms with Crippen molar-refractivity contribution in [2.24, 2.45) is 11.7 Å². The van der Waals surface area contributed by atoms with Gasteiger partial charge in [-0.15, -0.1) is 0 Å². The SMILES string of the molecule is CCCCC(CC)COc1ccc(C(=N)N)cc1. The second-order valence-corrected chi connectivity index (χ2v) is 4.67. The lowest BCUT2D eigenvalue weighted by Gasteiger charge is -2.15. The van der Waals surface area contributed by atoms with Crippen LogP contribution >= 0.6 is 0 Å². The Kier molecular flexibility index (Phi) is 6.26. The Hall–Kier alpha value is -1.51. The van der Waals surface area contributed by atoms with E-state index in [4.69, 9.17) is 15.9 Å². The van der Waals surface area contributed by atoms with Crippen molar-refractivity contribution in [3.05, 3.63) is 29.8 Å². The summed E-state index contributed by atoms with van der Waals surface area (Å²) in [4.78, 5) is 0. The standard InChI is InChI=1S/C15H24N2O/c1-3-5-6-12(4-2)11-18-14-9-7-13(8-10-14)15(16)17/h7-10,12H,3-6,11H2,1-2H3,(H3,16,17). The van der Waals surface area contributed by atoms with Crippen molar-refractivity contribution >= 4 is 5.84 Å². The summed E-state index contributed by atoms with van der Waals surface area (Å²) in [6, 6.07) is 7.40. The van der Waals surface area contributed by atoms with Crippen LogP contribution in [0.3, 0.4) is 0 Å². The van der Waals surface area contributed by atoms with E-state index in [-0.39, 0.29) is 5.84 Å². The lowest BCUT2D eigenvalue weighted by Crippen LogP contribution is -2.12. The molecule has 0 aromatic heterocycles. The lowest BCUT2D eigenvalue weighted by atomic mass is 10.0. The van der Waals surface area contributed by atoms with Gasteiger partial charge >= 0.3 is 0 Å². The topological polar surface area (TPSA) is 59.1 Å². The number of nitrogens with two attached hydrogens (primary N) is 1. The van der Waals surface area contributed by atoms with E-state index in [1.807, 2.05) is 24.3 Å². The molecule has 0 spiro atoms. The number of hydrogen-bond acceptors (Lipinski definition) is 2. The predicted molar refractivity (Wildman–Crippen MR) is 76.3 cm³/mol. The van der Waals surface area contributed by atoms with Gasteiger partial charge in [-0.2, -0.15) is 0 Å². The molecule has 1 unspecified atom stereocenters. The third kappa shape index (κ3) is 4.78. The minimum absolute atomic E-state index is 0.0935. The van der Waals surface area contributed by atoms with Gasteiger partial charge < -0.3 is 10.5 Å². The molecule has 0 saturated heterocycles. The molecule has 100 valence electrons. The molecule has 0 heterocycles. The largest absolute Gasteiger partial charge is 0.493 e. The van der Waals surface area contributed by atoms with E-state index < -0.39 is 0 Å². The second-order valence-electron chi connectivity index (χ2n) is 4.67. The maximum atomic E-state index is 7.32. The molecule has 1 aromatic rings. The van der Waals surface area contributed by atoms with Gasteiger partial charge in [-0.1, -0.05) is 33.1 Å². The first kappa shape index (κ1) is 14.6. The van der Waals surface area contributed by atoms with E-state index in [1.54, 1.807) is 0 Å². The van der Waals surface area contributed by atoms with Crippen LogP contribution < -0.4 is 10.5 Å². The zero-order valence-corrected chi connectivity index (χ0v) is 11.4. The summed E-state index contributed by atoms with van der Waals surface area (Å²) < 4.78 is 5.78. The molecule has 0 fully saturated rings. The Labute approximate surface area is 110 Å². The van der Waals surface area contributed by atoms with Crippen LogP contribution in [0.25, 0.3) is 0 Å². The van der Waals surface area contributed by atoms with Crippen molar-refractivity contribution in [3.8, 4) is 5.75 Å². The van der Waals surface area contributed by atoms with Gasteiger partial charge in [-0.05, 0) is 36.6 Å². The molecule has 1 aromatic carbocycles. The number of nitrogen functional groups attached to an aromatic ring is 1. The zero-order chi connectivity index (χ0) is 13.4. The van der Waals surface area contributed by atoms with Crippen molar-refractivity contribution in [1.29, 1.82) is 5.41 Å². The molecule has 3 N–H and O–H groups in total. The summed E-state index contributed by atoms with van der Waals surface area (Å²) in [5.74, 6) is 1.59. The maximum Gasteiger partial charge on any atom is 0.122 e. The lowest BCUT2D eigenvalue weighted by molar-refractivity contribution is 0.233. The zero-order valence-electron chi connectivity index (χ0n) is 11.4. The van der Waals surface area contributed by atoms with Gasteiger partial charge in [0.25, 0.3) is 0 Å². The Morgan fingerprint density at radius 3 is 2.44 bits per heavy atom. The van der Waals surface area contributed by atoms with Gasteiger partial charge in [-0.3, -0.25) is 5.41 Å². The van der Waals surface area contributed by atoms with Crippen LogP contribution in [0.5, 0.6) is 5.75 Å². The molecule has 3 heteroatoms. The highest BCUT2D eigenvalue weighted by Crippen LogP contribution is 2.17. The van der Waals surface area contributed by atoms with Crippen LogP contribution in [0.15, 0.2) is 24.3 Å². The number of hydrogen-bond donors (Lipinski definition) is 2.